The second-order valence-electron chi connectivity index (χ2n) is 5.25. The van der Waals surface area contributed by atoms with Gasteiger partial charge >= 0.3 is 0 Å². The van der Waals surface area contributed by atoms with Crippen LogP contribution in [-0.2, 0) is 4.74 Å². The standard InChI is InChI=1S/C14H15ClN2O/c15-12-7-11(8-16)1-2-13(12)17-9-14(10-17)3-5-18-6-4-14/h1-2,7H,3-6,9-10H2. The molecule has 1 aromatic rings. The van der Waals surface area contributed by atoms with Crippen LogP contribution in [0.5, 0.6) is 0 Å². The smallest absolute Gasteiger partial charge is 0.0992 e. The molecule has 0 aliphatic carbocycles. The van der Waals surface area contributed by atoms with Crippen LogP contribution in [0, 0.1) is 16.7 Å². The first kappa shape index (κ1) is 11.8. The number of hydrogen-bond acceptors (Lipinski definition) is 3. The second kappa shape index (κ2) is 4.46. The number of nitriles is 1. The number of rotatable bonds is 1. The molecule has 0 N–H and O–H groups in total. The van der Waals surface area contributed by atoms with Crippen LogP contribution in [0.2, 0.25) is 5.02 Å². The van der Waals surface area contributed by atoms with Crippen molar-refractivity contribution in [1.82, 2.24) is 0 Å². The number of anilines is 1. The highest BCUT2D eigenvalue weighted by Gasteiger charge is 2.44. The predicted molar refractivity (Wildman–Crippen MR) is 70.9 cm³/mol. The van der Waals surface area contributed by atoms with E-state index < -0.39 is 0 Å². The molecule has 3 rings (SSSR count). The van der Waals surface area contributed by atoms with Crippen molar-refractivity contribution in [1.29, 1.82) is 5.26 Å². The van der Waals surface area contributed by atoms with Gasteiger partial charge in [0.25, 0.3) is 0 Å². The van der Waals surface area contributed by atoms with Crippen LogP contribution < -0.4 is 4.90 Å². The van der Waals surface area contributed by atoms with E-state index in [9.17, 15) is 0 Å². The van der Waals surface area contributed by atoms with Crippen molar-refractivity contribution in [2.75, 3.05) is 31.2 Å². The monoisotopic (exact) mass is 262 g/mol. The van der Waals surface area contributed by atoms with Gasteiger partial charge in [-0.3, -0.25) is 0 Å². The van der Waals surface area contributed by atoms with Crippen LogP contribution in [0.25, 0.3) is 0 Å². The van der Waals surface area contributed by atoms with Crippen LogP contribution in [-0.4, -0.2) is 26.3 Å². The largest absolute Gasteiger partial charge is 0.381 e. The third-order valence-corrected chi connectivity index (χ3v) is 4.33. The van der Waals surface area contributed by atoms with Crippen LogP contribution in [0.15, 0.2) is 18.2 Å². The molecule has 1 spiro atoms. The van der Waals surface area contributed by atoms with Crippen molar-refractivity contribution >= 4 is 17.3 Å². The molecule has 0 aromatic heterocycles. The summed E-state index contributed by atoms with van der Waals surface area (Å²) in [5.41, 5.74) is 2.10. The molecule has 2 aliphatic rings. The summed E-state index contributed by atoms with van der Waals surface area (Å²) in [7, 11) is 0. The van der Waals surface area contributed by atoms with Gasteiger partial charge in [-0.2, -0.15) is 5.26 Å². The molecule has 2 heterocycles. The van der Waals surface area contributed by atoms with Gasteiger partial charge < -0.3 is 9.64 Å². The molecule has 2 aliphatic heterocycles. The van der Waals surface area contributed by atoms with Gasteiger partial charge in [-0.15, -0.1) is 0 Å². The molecule has 0 bridgehead atoms. The van der Waals surface area contributed by atoms with Crippen LogP contribution >= 0.6 is 11.6 Å². The van der Waals surface area contributed by atoms with Gasteiger partial charge in [-0.1, -0.05) is 11.6 Å². The van der Waals surface area contributed by atoms with Gasteiger partial charge in [0, 0.05) is 31.7 Å². The Morgan fingerprint density at radius 1 is 1.28 bits per heavy atom. The molecule has 0 radical (unpaired) electrons. The lowest BCUT2D eigenvalue weighted by molar-refractivity contribution is -0.000183. The molecule has 0 atom stereocenters. The fourth-order valence-electron chi connectivity index (χ4n) is 2.89. The molecule has 3 nitrogen and oxygen atoms in total. The lowest BCUT2D eigenvalue weighted by atomic mass is 9.73. The normalized spacial score (nSPS) is 21.4. The Balaban J connectivity index is 1.73. The molecule has 0 amide bonds. The van der Waals surface area contributed by atoms with Gasteiger partial charge in [0.15, 0.2) is 0 Å². The van der Waals surface area contributed by atoms with Crippen LogP contribution in [0.1, 0.15) is 18.4 Å². The Morgan fingerprint density at radius 2 is 2.00 bits per heavy atom. The van der Waals surface area contributed by atoms with Crippen molar-refractivity contribution in [2.24, 2.45) is 5.41 Å². The van der Waals surface area contributed by atoms with Gasteiger partial charge in [0.1, 0.15) is 0 Å². The summed E-state index contributed by atoms with van der Waals surface area (Å²) in [5.74, 6) is 0. The minimum absolute atomic E-state index is 0.440. The predicted octanol–water partition coefficient (Wildman–Crippen LogP) is 2.83. The topological polar surface area (TPSA) is 36.3 Å². The lowest BCUT2D eigenvalue weighted by Crippen LogP contribution is -2.58. The minimum Gasteiger partial charge on any atom is -0.381 e. The molecular formula is C14H15ClN2O. The third-order valence-electron chi connectivity index (χ3n) is 4.02. The molecule has 2 fully saturated rings. The fourth-order valence-corrected chi connectivity index (χ4v) is 3.19. The maximum Gasteiger partial charge on any atom is 0.0992 e. The third kappa shape index (κ3) is 1.96. The molecule has 0 unspecified atom stereocenters. The fraction of sp³-hybridized carbons (Fsp3) is 0.500. The number of ether oxygens (including phenoxy) is 1. The number of hydrogen-bond donors (Lipinski definition) is 0. The van der Waals surface area contributed by atoms with Gasteiger partial charge in [0.05, 0.1) is 22.3 Å². The van der Waals surface area contributed by atoms with E-state index >= 15 is 0 Å². The number of halogens is 1. The summed E-state index contributed by atoms with van der Waals surface area (Å²) in [6, 6.07) is 7.63. The van der Waals surface area contributed by atoms with E-state index in [1.54, 1.807) is 6.07 Å². The van der Waals surface area contributed by atoms with Crippen molar-refractivity contribution in [3.63, 3.8) is 0 Å². The SMILES string of the molecule is N#Cc1ccc(N2CC3(CCOCC3)C2)c(Cl)c1. The van der Waals surface area contributed by atoms with Crippen LogP contribution in [0.4, 0.5) is 5.69 Å². The zero-order chi connectivity index (χ0) is 12.6. The average molecular weight is 263 g/mol. The lowest BCUT2D eigenvalue weighted by Gasteiger charge is -2.53. The summed E-state index contributed by atoms with van der Waals surface area (Å²) in [4.78, 5) is 2.30. The summed E-state index contributed by atoms with van der Waals surface area (Å²) >= 11 is 6.23. The zero-order valence-electron chi connectivity index (χ0n) is 10.2. The average Bonchev–Trinajstić information content (AvgIpc) is 2.37. The first-order chi connectivity index (χ1) is 8.72. The highest BCUT2D eigenvalue weighted by Crippen LogP contribution is 2.43. The highest BCUT2D eigenvalue weighted by molar-refractivity contribution is 6.33. The Bertz CT molecular complexity index is 495. The number of benzene rings is 1. The van der Waals surface area contributed by atoms with Crippen molar-refractivity contribution in [3.8, 4) is 6.07 Å². The van der Waals surface area contributed by atoms with Crippen molar-refractivity contribution in [3.05, 3.63) is 28.8 Å². The molecular weight excluding hydrogens is 248 g/mol. The Morgan fingerprint density at radius 3 is 2.61 bits per heavy atom. The van der Waals surface area contributed by atoms with Crippen LogP contribution in [0.3, 0.4) is 0 Å². The van der Waals surface area contributed by atoms with E-state index in [1.807, 2.05) is 12.1 Å². The molecule has 18 heavy (non-hydrogen) atoms. The maximum absolute atomic E-state index is 8.83. The zero-order valence-corrected chi connectivity index (χ0v) is 10.9. The van der Waals surface area contributed by atoms with Gasteiger partial charge in [-0.05, 0) is 31.0 Å². The molecule has 0 saturated carbocycles. The Kier molecular flexibility index (Phi) is 2.93. The summed E-state index contributed by atoms with van der Waals surface area (Å²) in [5, 5.41) is 9.50. The molecule has 94 valence electrons. The molecule has 1 aromatic carbocycles. The maximum atomic E-state index is 8.83. The molecule has 4 heteroatoms. The first-order valence-corrected chi connectivity index (χ1v) is 6.63. The van der Waals surface area contributed by atoms with E-state index in [-0.39, 0.29) is 0 Å². The highest BCUT2D eigenvalue weighted by atomic mass is 35.5. The summed E-state index contributed by atoms with van der Waals surface area (Å²) in [6.45, 7) is 3.88. The van der Waals surface area contributed by atoms with Gasteiger partial charge in [-0.25, -0.2) is 0 Å². The van der Waals surface area contributed by atoms with Crippen molar-refractivity contribution < 1.29 is 4.74 Å². The Labute approximate surface area is 112 Å². The van der Waals surface area contributed by atoms with E-state index in [4.69, 9.17) is 21.6 Å². The second-order valence-corrected chi connectivity index (χ2v) is 5.65. The first-order valence-electron chi connectivity index (χ1n) is 6.25. The van der Waals surface area contributed by atoms with E-state index in [0.717, 1.165) is 44.8 Å². The Hall–Kier alpha value is -1.24. The quantitative estimate of drug-likeness (QED) is 0.781. The summed E-state index contributed by atoms with van der Waals surface area (Å²) in [6.07, 6.45) is 2.30. The van der Waals surface area contributed by atoms with Gasteiger partial charge in [0.2, 0.25) is 0 Å². The minimum atomic E-state index is 0.440. The van der Waals surface area contributed by atoms with Crippen molar-refractivity contribution in [2.45, 2.75) is 12.8 Å². The summed E-state index contributed by atoms with van der Waals surface area (Å²) < 4.78 is 5.41. The number of nitrogens with zero attached hydrogens (tertiary/aromatic N) is 2. The van der Waals surface area contributed by atoms with E-state index in [0.29, 0.717) is 16.0 Å². The van der Waals surface area contributed by atoms with E-state index in [2.05, 4.69) is 11.0 Å². The molecule has 2 saturated heterocycles. The van der Waals surface area contributed by atoms with E-state index in [1.165, 1.54) is 0 Å².